The molecule has 3 aromatic rings. The maximum atomic E-state index is 13.6. The molecule has 90 valence electrons. The zero-order valence-electron chi connectivity index (χ0n) is 9.58. The summed E-state index contributed by atoms with van der Waals surface area (Å²) in [6.45, 7) is 1.48. The molecule has 2 nitrogen and oxygen atoms in total. The highest BCUT2D eigenvalue weighted by Crippen LogP contribution is 2.32. The molecular weight excluding hydrogens is 297 g/mol. The van der Waals surface area contributed by atoms with Gasteiger partial charge in [0, 0.05) is 17.7 Å². The largest absolute Gasteiger partial charge is 0.280 e. The van der Waals surface area contributed by atoms with Gasteiger partial charge >= 0.3 is 0 Å². The Balaban J connectivity index is 2.62. The molecule has 0 aliphatic heterocycles. The van der Waals surface area contributed by atoms with Crippen molar-refractivity contribution in [1.29, 1.82) is 0 Å². The Morgan fingerprint density at radius 1 is 1.17 bits per heavy atom. The molecule has 0 N–H and O–H groups in total. The number of carbonyl (C=O) groups excluding carboxylic acids is 1. The van der Waals surface area contributed by atoms with E-state index < -0.39 is 0 Å². The van der Waals surface area contributed by atoms with Gasteiger partial charge < -0.3 is 0 Å². The molecule has 0 unspecified atom stereocenters. The SMILES string of the molecule is CC(=O)n1c2ccccc2c2cc(Br)c(F)cc21. The predicted molar refractivity (Wildman–Crippen MR) is 73.4 cm³/mol. The van der Waals surface area contributed by atoms with E-state index in [9.17, 15) is 9.18 Å². The van der Waals surface area contributed by atoms with E-state index in [0.29, 0.717) is 9.99 Å². The third-order valence-electron chi connectivity index (χ3n) is 3.03. The predicted octanol–water partition coefficient (Wildman–Crippen LogP) is 4.36. The molecule has 0 fully saturated rings. The summed E-state index contributed by atoms with van der Waals surface area (Å²) >= 11 is 3.18. The number of hydrogen-bond acceptors (Lipinski definition) is 1. The first-order valence-corrected chi connectivity index (χ1v) is 6.28. The molecule has 0 saturated carbocycles. The molecule has 4 heteroatoms. The second kappa shape index (κ2) is 3.92. The highest BCUT2D eigenvalue weighted by molar-refractivity contribution is 9.10. The maximum absolute atomic E-state index is 13.6. The van der Waals surface area contributed by atoms with Gasteiger partial charge in [0.25, 0.3) is 0 Å². The van der Waals surface area contributed by atoms with Crippen molar-refractivity contribution < 1.29 is 9.18 Å². The molecular formula is C14H9BrFNO. The number of hydrogen-bond donors (Lipinski definition) is 0. The highest BCUT2D eigenvalue weighted by Gasteiger charge is 2.15. The van der Waals surface area contributed by atoms with Gasteiger partial charge in [-0.25, -0.2) is 4.39 Å². The van der Waals surface area contributed by atoms with Gasteiger partial charge in [-0.3, -0.25) is 9.36 Å². The van der Waals surface area contributed by atoms with Crippen LogP contribution in [-0.4, -0.2) is 10.5 Å². The Bertz CT molecular complexity index is 791. The van der Waals surface area contributed by atoms with Crippen molar-refractivity contribution in [2.45, 2.75) is 6.92 Å². The fourth-order valence-electron chi connectivity index (χ4n) is 2.30. The topological polar surface area (TPSA) is 22.0 Å². The van der Waals surface area contributed by atoms with Crippen LogP contribution in [0.25, 0.3) is 21.8 Å². The minimum absolute atomic E-state index is 0.122. The van der Waals surface area contributed by atoms with E-state index in [4.69, 9.17) is 0 Å². The first kappa shape index (κ1) is 11.4. The van der Waals surface area contributed by atoms with Gasteiger partial charge in [-0.15, -0.1) is 0 Å². The van der Waals surface area contributed by atoms with Crippen LogP contribution < -0.4 is 0 Å². The summed E-state index contributed by atoms with van der Waals surface area (Å²) in [5.41, 5.74) is 1.40. The number of nitrogens with zero attached hydrogens (tertiary/aromatic N) is 1. The fourth-order valence-corrected chi connectivity index (χ4v) is 2.65. The van der Waals surface area contributed by atoms with Crippen molar-refractivity contribution in [2.24, 2.45) is 0 Å². The lowest BCUT2D eigenvalue weighted by atomic mass is 10.1. The number of carbonyl (C=O) groups is 1. The zero-order chi connectivity index (χ0) is 12.9. The molecule has 18 heavy (non-hydrogen) atoms. The lowest BCUT2D eigenvalue weighted by Crippen LogP contribution is -2.04. The summed E-state index contributed by atoms with van der Waals surface area (Å²) < 4.78 is 15.6. The number of fused-ring (bicyclic) bond motifs is 3. The molecule has 0 amide bonds. The second-order valence-corrected chi connectivity index (χ2v) is 5.01. The molecule has 0 spiro atoms. The third-order valence-corrected chi connectivity index (χ3v) is 3.64. The summed E-state index contributed by atoms with van der Waals surface area (Å²) in [7, 11) is 0. The normalized spacial score (nSPS) is 11.3. The van der Waals surface area contributed by atoms with Crippen LogP contribution >= 0.6 is 15.9 Å². The van der Waals surface area contributed by atoms with Crippen molar-refractivity contribution in [1.82, 2.24) is 4.57 Å². The van der Waals surface area contributed by atoms with Crippen LogP contribution in [0.2, 0.25) is 0 Å². The lowest BCUT2D eigenvalue weighted by Gasteiger charge is -2.01. The highest BCUT2D eigenvalue weighted by atomic mass is 79.9. The van der Waals surface area contributed by atoms with Gasteiger partial charge in [-0.05, 0) is 34.1 Å². The second-order valence-electron chi connectivity index (χ2n) is 4.16. The van der Waals surface area contributed by atoms with Gasteiger partial charge in [0.15, 0.2) is 0 Å². The summed E-state index contributed by atoms with van der Waals surface area (Å²) in [6.07, 6.45) is 0. The summed E-state index contributed by atoms with van der Waals surface area (Å²) in [4.78, 5) is 11.8. The van der Waals surface area contributed by atoms with Crippen molar-refractivity contribution in [3.05, 3.63) is 46.7 Å². The van der Waals surface area contributed by atoms with E-state index in [1.165, 1.54) is 13.0 Å². The Kier molecular flexibility index (Phi) is 2.48. The molecule has 0 atom stereocenters. The Morgan fingerprint density at radius 3 is 2.61 bits per heavy atom. The average molecular weight is 306 g/mol. The van der Waals surface area contributed by atoms with E-state index in [-0.39, 0.29) is 11.7 Å². The monoisotopic (exact) mass is 305 g/mol. The van der Waals surface area contributed by atoms with E-state index in [1.54, 1.807) is 10.6 Å². The molecule has 3 rings (SSSR count). The molecule has 0 bridgehead atoms. The van der Waals surface area contributed by atoms with Crippen LogP contribution in [-0.2, 0) is 0 Å². The Labute approximate surface area is 111 Å². The van der Waals surface area contributed by atoms with Crippen LogP contribution in [0.5, 0.6) is 0 Å². The van der Waals surface area contributed by atoms with Gasteiger partial charge in [-0.1, -0.05) is 18.2 Å². The van der Waals surface area contributed by atoms with Crippen molar-refractivity contribution >= 4 is 43.6 Å². The Morgan fingerprint density at radius 2 is 1.89 bits per heavy atom. The molecule has 1 aromatic heterocycles. The van der Waals surface area contributed by atoms with Gasteiger partial charge in [-0.2, -0.15) is 0 Å². The smallest absolute Gasteiger partial charge is 0.228 e. The van der Waals surface area contributed by atoms with Gasteiger partial charge in [0.2, 0.25) is 5.91 Å². The fraction of sp³-hybridized carbons (Fsp3) is 0.0714. The zero-order valence-corrected chi connectivity index (χ0v) is 11.2. The lowest BCUT2D eigenvalue weighted by molar-refractivity contribution is 0.0946. The van der Waals surface area contributed by atoms with E-state index in [1.807, 2.05) is 24.3 Å². The van der Waals surface area contributed by atoms with E-state index in [0.717, 1.165) is 16.3 Å². The van der Waals surface area contributed by atoms with Gasteiger partial charge in [0.05, 0.1) is 15.5 Å². The number of rotatable bonds is 0. The van der Waals surface area contributed by atoms with Crippen molar-refractivity contribution in [3.63, 3.8) is 0 Å². The number of aromatic nitrogens is 1. The molecule has 2 aromatic carbocycles. The summed E-state index contributed by atoms with van der Waals surface area (Å²) in [5.74, 6) is -0.490. The molecule has 0 aliphatic rings. The minimum atomic E-state index is -0.368. The number of benzene rings is 2. The summed E-state index contributed by atoms with van der Waals surface area (Å²) in [5, 5.41) is 1.82. The standard InChI is InChI=1S/C14H9BrFNO/c1-8(18)17-13-5-3-2-4-9(13)10-6-11(15)12(16)7-14(10)17/h2-7H,1H3. The first-order valence-electron chi connectivity index (χ1n) is 5.48. The van der Waals surface area contributed by atoms with E-state index in [2.05, 4.69) is 15.9 Å². The average Bonchev–Trinajstić information content (AvgIpc) is 2.64. The van der Waals surface area contributed by atoms with Gasteiger partial charge in [0.1, 0.15) is 5.82 Å². The molecule has 0 saturated heterocycles. The van der Waals surface area contributed by atoms with Crippen LogP contribution in [0.15, 0.2) is 40.9 Å². The van der Waals surface area contributed by atoms with Crippen LogP contribution in [0.3, 0.4) is 0 Å². The Hall–Kier alpha value is -1.68. The van der Waals surface area contributed by atoms with Crippen molar-refractivity contribution in [3.8, 4) is 0 Å². The first-order chi connectivity index (χ1) is 8.59. The van der Waals surface area contributed by atoms with Crippen LogP contribution in [0, 0.1) is 5.82 Å². The third kappa shape index (κ3) is 1.49. The molecule has 1 heterocycles. The molecule has 0 radical (unpaired) electrons. The maximum Gasteiger partial charge on any atom is 0.228 e. The summed E-state index contributed by atoms with van der Waals surface area (Å²) in [6, 6.07) is 10.7. The van der Waals surface area contributed by atoms with Crippen molar-refractivity contribution in [2.75, 3.05) is 0 Å². The minimum Gasteiger partial charge on any atom is -0.280 e. The van der Waals surface area contributed by atoms with Crippen LogP contribution in [0.4, 0.5) is 4.39 Å². The van der Waals surface area contributed by atoms with Crippen LogP contribution in [0.1, 0.15) is 11.7 Å². The number of para-hydroxylation sites is 1. The quantitative estimate of drug-likeness (QED) is 0.605. The number of halogens is 2. The van der Waals surface area contributed by atoms with E-state index >= 15 is 0 Å². The molecule has 0 aliphatic carbocycles.